The Kier molecular flexibility index (Phi) is 4.08. The lowest BCUT2D eigenvalue weighted by Gasteiger charge is -2.24. The summed E-state index contributed by atoms with van der Waals surface area (Å²) in [5, 5.41) is 9.09. The van der Waals surface area contributed by atoms with Crippen molar-refractivity contribution in [3.8, 4) is 0 Å². The number of nitrogens with zero attached hydrogens (tertiary/aromatic N) is 1. The third kappa shape index (κ3) is 2.82. The molecule has 0 saturated heterocycles. The fraction of sp³-hybridized carbons (Fsp3) is 0.235. The molecule has 0 amide bonds. The van der Waals surface area contributed by atoms with E-state index in [1.54, 1.807) is 6.07 Å². The number of aryl methyl sites for hydroxylation is 2. The van der Waals surface area contributed by atoms with Gasteiger partial charge in [0, 0.05) is 17.9 Å². The standard InChI is InChI=1S/C17H19NO2/c1-4-18(14-7-5-12(2)6-8-14)15-9-10-16(17(19)20)13(3)11-15/h5-11H,4H2,1-3H3,(H,19,20). The molecule has 2 aromatic carbocycles. The highest BCUT2D eigenvalue weighted by atomic mass is 16.4. The zero-order valence-corrected chi connectivity index (χ0v) is 12.1. The maximum atomic E-state index is 11.1. The van der Waals surface area contributed by atoms with Gasteiger partial charge in [-0.3, -0.25) is 0 Å². The van der Waals surface area contributed by atoms with Crippen LogP contribution in [0.4, 0.5) is 11.4 Å². The predicted octanol–water partition coefficient (Wildman–Crippen LogP) is 4.16. The fourth-order valence-corrected chi connectivity index (χ4v) is 2.29. The van der Waals surface area contributed by atoms with Gasteiger partial charge in [-0.15, -0.1) is 0 Å². The number of carboxylic acid groups (broad SMARTS) is 1. The monoisotopic (exact) mass is 269 g/mol. The molecule has 0 heterocycles. The average Bonchev–Trinajstić information content (AvgIpc) is 2.41. The van der Waals surface area contributed by atoms with Gasteiger partial charge in [-0.2, -0.15) is 0 Å². The van der Waals surface area contributed by atoms with E-state index in [9.17, 15) is 4.79 Å². The first-order valence-corrected chi connectivity index (χ1v) is 6.71. The van der Waals surface area contributed by atoms with Crippen LogP contribution in [0.15, 0.2) is 42.5 Å². The van der Waals surface area contributed by atoms with Crippen molar-refractivity contribution in [1.82, 2.24) is 0 Å². The van der Waals surface area contributed by atoms with Crippen LogP contribution >= 0.6 is 0 Å². The summed E-state index contributed by atoms with van der Waals surface area (Å²) in [6.07, 6.45) is 0. The van der Waals surface area contributed by atoms with Crippen molar-refractivity contribution in [3.63, 3.8) is 0 Å². The summed E-state index contributed by atoms with van der Waals surface area (Å²) in [5.41, 5.74) is 4.48. The zero-order valence-electron chi connectivity index (χ0n) is 12.1. The van der Waals surface area contributed by atoms with E-state index in [1.165, 1.54) is 5.56 Å². The lowest BCUT2D eigenvalue weighted by atomic mass is 10.1. The van der Waals surface area contributed by atoms with Crippen molar-refractivity contribution in [2.75, 3.05) is 11.4 Å². The Bertz CT molecular complexity index is 617. The van der Waals surface area contributed by atoms with Crippen LogP contribution in [0.5, 0.6) is 0 Å². The van der Waals surface area contributed by atoms with Crippen molar-refractivity contribution in [2.45, 2.75) is 20.8 Å². The van der Waals surface area contributed by atoms with Crippen LogP contribution in [0, 0.1) is 13.8 Å². The van der Waals surface area contributed by atoms with Crippen LogP contribution < -0.4 is 4.90 Å². The topological polar surface area (TPSA) is 40.5 Å². The Morgan fingerprint density at radius 1 is 1.05 bits per heavy atom. The molecule has 20 heavy (non-hydrogen) atoms. The van der Waals surface area contributed by atoms with Gasteiger partial charge < -0.3 is 10.0 Å². The summed E-state index contributed by atoms with van der Waals surface area (Å²) in [6.45, 7) is 6.80. The number of carboxylic acids is 1. The molecule has 0 aromatic heterocycles. The van der Waals surface area contributed by atoms with Crippen molar-refractivity contribution in [3.05, 3.63) is 59.2 Å². The van der Waals surface area contributed by atoms with Crippen LogP contribution in [0.2, 0.25) is 0 Å². The summed E-state index contributed by atoms with van der Waals surface area (Å²) in [4.78, 5) is 13.2. The predicted molar refractivity (Wildman–Crippen MR) is 82.0 cm³/mol. The Morgan fingerprint density at radius 3 is 2.15 bits per heavy atom. The first-order chi connectivity index (χ1) is 9.52. The normalized spacial score (nSPS) is 10.3. The average molecular weight is 269 g/mol. The maximum Gasteiger partial charge on any atom is 0.335 e. The van der Waals surface area contributed by atoms with Gasteiger partial charge in [-0.25, -0.2) is 4.79 Å². The molecule has 0 bridgehead atoms. The molecule has 3 heteroatoms. The molecule has 0 unspecified atom stereocenters. The molecular weight excluding hydrogens is 250 g/mol. The first kappa shape index (κ1) is 14.1. The second-order valence-electron chi connectivity index (χ2n) is 4.88. The van der Waals surface area contributed by atoms with Gasteiger partial charge in [-0.05, 0) is 56.7 Å². The molecule has 104 valence electrons. The highest BCUT2D eigenvalue weighted by Gasteiger charge is 2.11. The Labute approximate surface area is 119 Å². The molecule has 0 aliphatic carbocycles. The minimum absolute atomic E-state index is 0.355. The van der Waals surface area contributed by atoms with E-state index < -0.39 is 5.97 Å². The summed E-state index contributed by atoms with van der Waals surface area (Å²) in [6, 6.07) is 13.8. The molecule has 1 N–H and O–H groups in total. The molecule has 0 radical (unpaired) electrons. The van der Waals surface area contributed by atoms with Crippen LogP contribution in [0.1, 0.15) is 28.4 Å². The summed E-state index contributed by atoms with van der Waals surface area (Å²) < 4.78 is 0. The molecule has 0 atom stereocenters. The number of hydrogen-bond donors (Lipinski definition) is 1. The van der Waals surface area contributed by atoms with Crippen LogP contribution in [-0.4, -0.2) is 17.6 Å². The highest BCUT2D eigenvalue weighted by Crippen LogP contribution is 2.27. The zero-order chi connectivity index (χ0) is 14.7. The third-order valence-corrected chi connectivity index (χ3v) is 3.41. The fourth-order valence-electron chi connectivity index (χ4n) is 2.29. The largest absolute Gasteiger partial charge is 0.478 e. The molecule has 0 fully saturated rings. The van der Waals surface area contributed by atoms with E-state index in [-0.39, 0.29) is 0 Å². The van der Waals surface area contributed by atoms with E-state index in [2.05, 4.69) is 43.0 Å². The Morgan fingerprint density at radius 2 is 1.65 bits per heavy atom. The number of rotatable bonds is 4. The van der Waals surface area contributed by atoms with Crippen LogP contribution in [0.25, 0.3) is 0 Å². The minimum atomic E-state index is -0.882. The van der Waals surface area contributed by atoms with E-state index in [4.69, 9.17) is 5.11 Å². The molecule has 0 aliphatic heterocycles. The van der Waals surface area contributed by atoms with E-state index >= 15 is 0 Å². The van der Waals surface area contributed by atoms with Crippen LogP contribution in [0.3, 0.4) is 0 Å². The number of benzene rings is 2. The summed E-state index contributed by atoms with van der Waals surface area (Å²) >= 11 is 0. The maximum absolute atomic E-state index is 11.1. The molecule has 0 spiro atoms. The van der Waals surface area contributed by atoms with Gasteiger partial charge >= 0.3 is 5.97 Å². The second kappa shape index (κ2) is 5.78. The van der Waals surface area contributed by atoms with Gasteiger partial charge in [0.25, 0.3) is 0 Å². The number of hydrogen-bond acceptors (Lipinski definition) is 2. The first-order valence-electron chi connectivity index (χ1n) is 6.71. The van der Waals surface area contributed by atoms with Gasteiger partial charge in [0.1, 0.15) is 0 Å². The molecular formula is C17H19NO2. The summed E-state index contributed by atoms with van der Waals surface area (Å²) in [5.74, 6) is -0.882. The Hall–Kier alpha value is -2.29. The molecule has 2 rings (SSSR count). The van der Waals surface area contributed by atoms with E-state index in [0.29, 0.717) is 5.56 Å². The number of aromatic carboxylic acids is 1. The Balaban J connectivity index is 2.39. The van der Waals surface area contributed by atoms with Gasteiger partial charge in [0.05, 0.1) is 5.56 Å². The van der Waals surface area contributed by atoms with Crippen molar-refractivity contribution < 1.29 is 9.90 Å². The molecule has 2 aromatic rings. The van der Waals surface area contributed by atoms with Gasteiger partial charge in [0.2, 0.25) is 0 Å². The van der Waals surface area contributed by atoms with Crippen molar-refractivity contribution in [1.29, 1.82) is 0 Å². The lowest BCUT2D eigenvalue weighted by molar-refractivity contribution is 0.0696. The van der Waals surface area contributed by atoms with Crippen LogP contribution in [-0.2, 0) is 0 Å². The van der Waals surface area contributed by atoms with E-state index in [1.807, 2.05) is 19.1 Å². The lowest BCUT2D eigenvalue weighted by Crippen LogP contribution is -2.16. The highest BCUT2D eigenvalue weighted by molar-refractivity contribution is 5.90. The molecule has 0 aliphatic rings. The van der Waals surface area contributed by atoms with Crippen molar-refractivity contribution in [2.24, 2.45) is 0 Å². The van der Waals surface area contributed by atoms with E-state index in [0.717, 1.165) is 23.5 Å². The van der Waals surface area contributed by atoms with Crippen molar-refractivity contribution >= 4 is 17.3 Å². The minimum Gasteiger partial charge on any atom is -0.478 e. The third-order valence-electron chi connectivity index (χ3n) is 3.41. The SMILES string of the molecule is CCN(c1ccc(C)cc1)c1ccc(C(=O)O)c(C)c1. The molecule has 0 saturated carbocycles. The molecule has 3 nitrogen and oxygen atoms in total. The quantitative estimate of drug-likeness (QED) is 0.906. The smallest absolute Gasteiger partial charge is 0.335 e. The van der Waals surface area contributed by atoms with Gasteiger partial charge in [-0.1, -0.05) is 17.7 Å². The summed E-state index contributed by atoms with van der Waals surface area (Å²) in [7, 11) is 0. The second-order valence-corrected chi connectivity index (χ2v) is 4.88. The number of anilines is 2. The van der Waals surface area contributed by atoms with Gasteiger partial charge in [0.15, 0.2) is 0 Å². The number of carbonyl (C=O) groups is 1.